The molecule has 2 heterocycles. The lowest BCUT2D eigenvalue weighted by Crippen LogP contribution is -2.39. The standard InChI is InChI=1S/C18H29N3O2/c1-14-13-19-18(21(14)10-11-22)16-6-8-20(9-7-16)17(23)12-15-4-2-3-5-15/h13,15-16,22H,2-12H2,1H3. The van der Waals surface area contributed by atoms with Crippen molar-refractivity contribution in [1.82, 2.24) is 14.5 Å². The van der Waals surface area contributed by atoms with Gasteiger partial charge in [0, 0.05) is 43.9 Å². The number of rotatable bonds is 5. The molecule has 0 aromatic carbocycles. The molecule has 1 N–H and O–H groups in total. The van der Waals surface area contributed by atoms with Crippen molar-refractivity contribution in [3.63, 3.8) is 0 Å². The molecular formula is C18H29N3O2. The average molecular weight is 319 g/mol. The maximum Gasteiger partial charge on any atom is 0.222 e. The zero-order valence-corrected chi connectivity index (χ0v) is 14.2. The molecule has 5 nitrogen and oxygen atoms in total. The monoisotopic (exact) mass is 319 g/mol. The van der Waals surface area contributed by atoms with E-state index < -0.39 is 0 Å². The Hall–Kier alpha value is -1.36. The number of aliphatic hydroxyl groups excluding tert-OH is 1. The summed E-state index contributed by atoms with van der Waals surface area (Å²) in [6.45, 7) is 4.49. The minimum absolute atomic E-state index is 0.142. The molecule has 1 amide bonds. The summed E-state index contributed by atoms with van der Waals surface area (Å²) in [5.41, 5.74) is 1.11. The fourth-order valence-electron chi connectivity index (χ4n) is 4.17. The highest BCUT2D eigenvalue weighted by molar-refractivity contribution is 5.76. The van der Waals surface area contributed by atoms with Crippen molar-refractivity contribution in [1.29, 1.82) is 0 Å². The van der Waals surface area contributed by atoms with Crippen LogP contribution in [0.15, 0.2) is 6.20 Å². The zero-order valence-electron chi connectivity index (χ0n) is 14.2. The summed E-state index contributed by atoms with van der Waals surface area (Å²) in [5, 5.41) is 9.23. The smallest absolute Gasteiger partial charge is 0.222 e. The largest absolute Gasteiger partial charge is 0.395 e. The van der Waals surface area contributed by atoms with Gasteiger partial charge in [-0.15, -0.1) is 0 Å². The summed E-state index contributed by atoms with van der Waals surface area (Å²) >= 11 is 0. The molecule has 3 rings (SSSR count). The third kappa shape index (κ3) is 3.77. The van der Waals surface area contributed by atoms with E-state index in [0.717, 1.165) is 43.9 Å². The maximum atomic E-state index is 12.4. The van der Waals surface area contributed by atoms with Gasteiger partial charge < -0.3 is 14.6 Å². The average Bonchev–Trinajstić information content (AvgIpc) is 3.19. The van der Waals surface area contributed by atoms with Gasteiger partial charge in [-0.3, -0.25) is 4.79 Å². The van der Waals surface area contributed by atoms with Gasteiger partial charge in [-0.25, -0.2) is 4.98 Å². The van der Waals surface area contributed by atoms with E-state index in [2.05, 4.69) is 14.5 Å². The molecule has 1 aromatic rings. The van der Waals surface area contributed by atoms with Crippen LogP contribution in [0.25, 0.3) is 0 Å². The van der Waals surface area contributed by atoms with E-state index in [-0.39, 0.29) is 6.61 Å². The first-order valence-corrected chi connectivity index (χ1v) is 9.09. The third-order valence-corrected chi connectivity index (χ3v) is 5.56. The number of imidazole rings is 1. The van der Waals surface area contributed by atoms with Crippen molar-refractivity contribution < 1.29 is 9.90 Å². The predicted molar refractivity (Wildman–Crippen MR) is 89.2 cm³/mol. The molecule has 1 aliphatic carbocycles. The summed E-state index contributed by atoms with van der Waals surface area (Å²) < 4.78 is 2.13. The Morgan fingerprint density at radius 1 is 1.26 bits per heavy atom. The lowest BCUT2D eigenvalue weighted by atomic mass is 9.94. The molecule has 1 saturated heterocycles. The number of aliphatic hydroxyl groups is 1. The van der Waals surface area contributed by atoms with Crippen molar-refractivity contribution in [3.05, 3.63) is 17.7 Å². The number of amides is 1. The number of carbonyl (C=O) groups is 1. The molecule has 5 heteroatoms. The number of piperidine rings is 1. The number of carbonyl (C=O) groups excluding carboxylic acids is 1. The minimum Gasteiger partial charge on any atom is -0.395 e. The summed E-state index contributed by atoms with van der Waals surface area (Å²) in [5.74, 6) is 2.47. The Balaban J connectivity index is 1.54. The van der Waals surface area contributed by atoms with Crippen LogP contribution in [0.4, 0.5) is 0 Å². The molecule has 1 aliphatic heterocycles. The fraction of sp³-hybridized carbons (Fsp3) is 0.778. The first kappa shape index (κ1) is 16.5. The second kappa shape index (κ2) is 7.47. The van der Waals surface area contributed by atoms with Crippen LogP contribution in [-0.4, -0.2) is 45.2 Å². The third-order valence-electron chi connectivity index (χ3n) is 5.56. The highest BCUT2D eigenvalue weighted by Gasteiger charge is 2.28. The van der Waals surface area contributed by atoms with Crippen LogP contribution in [0.5, 0.6) is 0 Å². The molecule has 23 heavy (non-hydrogen) atoms. The number of aromatic nitrogens is 2. The molecule has 0 spiro atoms. The van der Waals surface area contributed by atoms with Gasteiger partial charge in [0.2, 0.25) is 5.91 Å². The van der Waals surface area contributed by atoms with E-state index in [0.29, 0.717) is 24.3 Å². The van der Waals surface area contributed by atoms with Crippen molar-refractivity contribution in [2.45, 2.75) is 64.3 Å². The van der Waals surface area contributed by atoms with Crippen LogP contribution in [0.1, 0.15) is 62.4 Å². The van der Waals surface area contributed by atoms with Crippen LogP contribution in [-0.2, 0) is 11.3 Å². The van der Waals surface area contributed by atoms with E-state index in [4.69, 9.17) is 0 Å². The number of hydrogen-bond donors (Lipinski definition) is 1. The first-order chi connectivity index (χ1) is 11.2. The van der Waals surface area contributed by atoms with Crippen LogP contribution in [0, 0.1) is 12.8 Å². The number of likely N-dealkylation sites (tertiary alicyclic amines) is 1. The van der Waals surface area contributed by atoms with Gasteiger partial charge in [0.1, 0.15) is 5.82 Å². The lowest BCUT2D eigenvalue weighted by Gasteiger charge is -2.32. The van der Waals surface area contributed by atoms with Crippen LogP contribution in [0.3, 0.4) is 0 Å². The lowest BCUT2D eigenvalue weighted by molar-refractivity contribution is -0.133. The maximum absolute atomic E-state index is 12.4. The Kier molecular flexibility index (Phi) is 5.36. The van der Waals surface area contributed by atoms with Crippen molar-refractivity contribution in [2.75, 3.05) is 19.7 Å². The molecule has 0 atom stereocenters. The van der Waals surface area contributed by atoms with Gasteiger partial charge in [-0.1, -0.05) is 12.8 Å². The number of nitrogens with zero attached hydrogens (tertiary/aromatic N) is 3. The molecule has 0 radical (unpaired) electrons. The normalized spacial score (nSPS) is 20.3. The van der Waals surface area contributed by atoms with Crippen molar-refractivity contribution >= 4 is 5.91 Å². The molecule has 1 aromatic heterocycles. The zero-order chi connectivity index (χ0) is 16.2. The SMILES string of the molecule is Cc1cnc(C2CCN(C(=O)CC3CCCC3)CC2)n1CCO. The Bertz CT molecular complexity index is 526. The highest BCUT2D eigenvalue weighted by atomic mass is 16.3. The highest BCUT2D eigenvalue weighted by Crippen LogP contribution is 2.31. The second-order valence-electron chi connectivity index (χ2n) is 7.14. The molecule has 0 unspecified atom stereocenters. The summed E-state index contributed by atoms with van der Waals surface area (Å²) in [6.07, 6.45) is 9.68. The molecule has 2 fully saturated rings. The number of hydrogen-bond acceptors (Lipinski definition) is 3. The molecule has 1 saturated carbocycles. The summed E-state index contributed by atoms with van der Waals surface area (Å²) in [6, 6.07) is 0. The van der Waals surface area contributed by atoms with Gasteiger partial charge in [0.25, 0.3) is 0 Å². The summed E-state index contributed by atoms with van der Waals surface area (Å²) in [7, 11) is 0. The van der Waals surface area contributed by atoms with Crippen molar-refractivity contribution in [2.24, 2.45) is 5.92 Å². The Morgan fingerprint density at radius 3 is 2.61 bits per heavy atom. The quantitative estimate of drug-likeness (QED) is 0.907. The Morgan fingerprint density at radius 2 is 1.96 bits per heavy atom. The topological polar surface area (TPSA) is 58.4 Å². The van der Waals surface area contributed by atoms with Gasteiger partial charge in [0.15, 0.2) is 0 Å². The second-order valence-corrected chi connectivity index (χ2v) is 7.14. The van der Waals surface area contributed by atoms with Gasteiger partial charge in [-0.2, -0.15) is 0 Å². The van der Waals surface area contributed by atoms with Crippen LogP contribution >= 0.6 is 0 Å². The molecule has 0 bridgehead atoms. The minimum atomic E-state index is 0.142. The van der Waals surface area contributed by atoms with Gasteiger partial charge in [0.05, 0.1) is 6.61 Å². The molecule has 2 aliphatic rings. The Labute approximate surface area is 138 Å². The van der Waals surface area contributed by atoms with E-state index in [1.807, 2.05) is 13.1 Å². The number of aryl methyl sites for hydroxylation is 1. The van der Waals surface area contributed by atoms with Gasteiger partial charge in [-0.05, 0) is 38.5 Å². The molecular weight excluding hydrogens is 290 g/mol. The summed E-state index contributed by atoms with van der Waals surface area (Å²) in [4.78, 5) is 19.1. The van der Waals surface area contributed by atoms with E-state index in [1.54, 1.807) is 0 Å². The predicted octanol–water partition coefficient (Wildman–Crippen LogP) is 2.47. The van der Waals surface area contributed by atoms with Crippen molar-refractivity contribution in [3.8, 4) is 0 Å². The van der Waals surface area contributed by atoms with Crippen LogP contribution in [0.2, 0.25) is 0 Å². The fourth-order valence-corrected chi connectivity index (χ4v) is 4.17. The van der Waals surface area contributed by atoms with E-state index in [1.165, 1.54) is 25.7 Å². The van der Waals surface area contributed by atoms with E-state index in [9.17, 15) is 9.90 Å². The van der Waals surface area contributed by atoms with Gasteiger partial charge >= 0.3 is 0 Å². The van der Waals surface area contributed by atoms with E-state index >= 15 is 0 Å². The van der Waals surface area contributed by atoms with Crippen LogP contribution < -0.4 is 0 Å². The first-order valence-electron chi connectivity index (χ1n) is 9.09. The molecule has 128 valence electrons.